The van der Waals surface area contributed by atoms with E-state index in [0.717, 1.165) is 0 Å². The summed E-state index contributed by atoms with van der Waals surface area (Å²) in [6, 6.07) is 0. The number of aromatic carboxylic acids is 1. The Bertz CT molecular complexity index is 454. The quantitative estimate of drug-likeness (QED) is 0.806. The van der Waals surface area contributed by atoms with Gasteiger partial charge in [-0.25, -0.2) is 9.59 Å². The Hall–Kier alpha value is -1.91. The predicted octanol–water partition coefficient (Wildman–Crippen LogP) is 1.69. The molecule has 0 aliphatic rings. The number of aryl methyl sites for hydroxylation is 1. The minimum absolute atomic E-state index is 0.0603. The summed E-state index contributed by atoms with van der Waals surface area (Å²) in [4.78, 5) is 26.8. The molecule has 0 spiro atoms. The third-order valence-electron chi connectivity index (χ3n) is 2.57. The summed E-state index contributed by atoms with van der Waals surface area (Å²) in [6.45, 7) is 3.66. The first-order chi connectivity index (χ1) is 8.06. The Balaban J connectivity index is 3.54. The Labute approximate surface area is 99.4 Å². The van der Waals surface area contributed by atoms with Crippen LogP contribution in [0.4, 0.5) is 0 Å². The second-order valence-corrected chi connectivity index (χ2v) is 3.48. The van der Waals surface area contributed by atoms with Crippen molar-refractivity contribution < 1.29 is 19.4 Å². The highest BCUT2D eigenvalue weighted by atomic mass is 16.5. The maximum Gasteiger partial charge on any atom is 0.340 e. The second-order valence-electron chi connectivity index (χ2n) is 3.48. The summed E-state index contributed by atoms with van der Waals surface area (Å²) in [5.41, 5.74) is 1.40. The molecule has 0 fully saturated rings. The molecule has 92 valence electrons. The number of aromatic nitrogens is 1. The second kappa shape index (κ2) is 5.43. The lowest BCUT2D eigenvalue weighted by atomic mass is 9.98. The van der Waals surface area contributed by atoms with Gasteiger partial charge in [0.1, 0.15) is 0 Å². The molecule has 0 aromatic carbocycles. The average molecular weight is 237 g/mol. The van der Waals surface area contributed by atoms with E-state index in [-0.39, 0.29) is 11.1 Å². The van der Waals surface area contributed by atoms with Crippen LogP contribution in [0.25, 0.3) is 0 Å². The molecule has 1 aromatic heterocycles. The van der Waals surface area contributed by atoms with E-state index in [9.17, 15) is 9.59 Å². The Morgan fingerprint density at radius 2 is 2.00 bits per heavy atom. The topological polar surface area (TPSA) is 76.5 Å². The molecule has 0 aliphatic heterocycles. The van der Waals surface area contributed by atoms with Crippen LogP contribution in [-0.2, 0) is 17.6 Å². The minimum Gasteiger partial charge on any atom is -0.478 e. The summed E-state index contributed by atoms with van der Waals surface area (Å²) in [5, 5.41) is 9.05. The van der Waals surface area contributed by atoms with Crippen LogP contribution in [-0.4, -0.2) is 29.1 Å². The van der Waals surface area contributed by atoms with Gasteiger partial charge in [0.2, 0.25) is 0 Å². The Morgan fingerprint density at radius 3 is 2.41 bits per heavy atom. The van der Waals surface area contributed by atoms with Crippen LogP contribution in [0.15, 0.2) is 6.20 Å². The maximum absolute atomic E-state index is 11.7. The third kappa shape index (κ3) is 2.43. The molecule has 1 N–H and O–H groups in total. The first-order valence-electron chi connectivity index (χ1n) is 5.39. The molecular weight excluding hydrogens is 222 g/mol. The number of nitrogens with zero attached hydrogens (tertiary/aromatic N) is 1. The highest BCUT2D eigenvalue weighted by Gasteiger charge is 2.22. The first-order valence-corrected chi connectivity index (χ1v) is 5.39. The lowest BCUT2D eigenvalue weighted by molar-refractivity contribution is 0.0597. The number of carbonyl (C=O) groups excluding carboxylic acids is 1. The zero-order valence-electron chi connectivity index (χ0n) is 10.1. The fourth-order valence-corrected chi connectivity index (χ4v) is 1.76. The van der Waals surface area contributed by atoms with E-state index in [0.29, 0.717) is 24.1 Å². The molecule has 0 aliphatic carbocycles. The van der Waals surface area contributed by atoms with E-state index >= 15 is 0 Å². The van der Waals surface area contributed by atoms with Crippen LogP contribution in [0, 0.1) is 0 Å². The Morgan fingerprint density at radius 1 is 1.35 bits per heavy atom. The van der Waals surface area contributed by atoms with Crippen molar-refractivity contribution >= 4 is 11.9 Å². The van der Waals surface area contributed by atoms with Crippen molar-refractivity contribution in [2.24, 2.45) is 0 Å². The third-order valence-corrected chi connectivity index (χ3v) is 2.57. The van der Waals surface area contributed by atoms with Crippen molar-refractivity contribution in [1.29, 1.82) is 0 Å². The van der Waals surface area contributed by atoms with Crippen LogP contribution in [0.5, 0.6) is 0 Å². The fraction of sp³-hybridized carbons (Fsp3) is 0.417. The molecule has 1 aromatic rings. The number of carbonyl (C=O) groups is 2. The standard InChI is InChI=1S/C12H15NO4/c1-4-7-8(11(14)15)6-13-9(5-2)10(7)12(16)17-3/h6H,4-5H2,1-3H3,(H,14,15). The molecule has 0 amide bonds. The summed E-state index contributed by atoms with van der Waals surface area (Å²) >= 11 is 0. The number of hydrogen-bond acceptors (Lipinski definition) is 4. The van der Waals surface area contributed by atoms with Gasteiger partial charge in [-0.15, -0.1) is 0 Å². The van der Waals surface area contributed by atoms with E-state index in [1.807, 2.05) is 6.92 Å². The van der Waals surface area contributed by atoms with E-state index in [2.05, 4.69) is 9.72 Å². The van der Waals surface area contributed by atoms with Gasteiger partial charge < -0.3 is 9.84 Å². The molecule has 0 radical (unpaired) electrons. The van der Waals surface area contributed by atoms with Gasteiger partial charge in [0.05, 0.1) is 23.9 Å². The van der Waals surface area contributed by atoms with Gasteiger partial charge in [-0.3, -0.25) is 4.98 Å². The molecule has 0 unspecified atom stereocenters. The van der Waals surface area contributed by atoms with Gasteiger partial charge in [-0.05, 0) is 18.4 Å². The number of carboxylic acids is 1. The van der Waals surface area contributed by atoms with E-state index in [1.165, 1.54) is 13.3 Å². The minimum atomic E-state index is -1.08. The molecule has 5 nitrogen and oxygen atoms in total. The fourth-order valence-electron chi connectivity index (χ4n) is 1.76. The van der Waals surface area contributed by atoms with Crippen molar-refractivity contribution in [2.45, 2.75) is 26.7 Å². The molecule has 17 heavy (non-hydrogen) atoms. The molecule has 0 saturated carbocycles. The molecule has 1 heterocycles. The van der Waals surface area contributed by atoms with Crippen molar-refractivity contribution in [2.75, 3.05) is 7.11 Å². The number of hydrogen-bond donors (Lipinski definition) is 1. The predicted molar refractivity (Wildman–Crippen MR) is 61.3 cm³/mol. The number of carboxylic acid groups (broad SMARTS) is 1. The summed E-state index contributed by atoms with van der Waals surface area (Å²) < 4.78 is 4.68. The van der Waals surface area contributed by atoms with Gasteiger partial charge in [0, 0.05) is 6.20 Å². The van der Waals surface area contributed by atoms with E-state index in [1.54, 1.807) is 6.92 Å². The van der Waals surface area contributed by atoms with Gasteiger partial charge >= 0.3 is 11.9 Å². The van der Waals surface area contributed by atoms with Crippen LogP contribution in [0.2, 0.25) is 0 Å². The monoisotopic (exact) mass is 237 g/mol. The van der Waals surface area contributed by atoms with Crippen molar-refractivity contribution in [3.63, 3.8) is 0 Å². The summed E-state index contributed by atoms with van der Waals surface area (Å²) in [6.07, 6.45) is 2.30. The normalized spacial score (nSPS) is 10.1. The Kier molecular flexibility index (Phi) is 4.20. The van der Waals surface area contributed by atoms with Gasteiger partial charge in [0.15, 0.2) is 0 Å². The molecule has 0 saturated heterocycles. The zero-order chi connectivity index (χ0) is 13.0. The van der Waals surface area contributed by atoms with Gasteiger partial charge in [0.25, 0.3) is 0 Å². The number of esters is 1. The van der Waals surface area contributed by atoms with Gasteiger partial charge in [-0.2, -0.15) is 0 Å². The van der Waals surface area contributed by atoms with Crippen molar-refractivity contribution in [3.05, 3.63) is 28.6 Å². The number of pyridine rings is 1. The highest BCUT2D eigenvalue weighted by molar-refractivity contribution is 5.97. The van der Waals surface area contributed by atoms with Crippen LogP contribution >= 0.6 is 0 Å². The zero-order valence-corrected chi connectivity index (χ0v) is 10.1. The van der Waals surface area contributed by atoms with Crippen molar-refractivity contribution in [3.8, 4) is 0 Å². The highest BCUT2D eigenvalue weighted by Crippen LogP contribution is 2.20. The van der Waals surface area contributed by atoms with Crippen molar-refractivity contribution in [1.82, 2.24) is 4.98 Å². The van der Waals surface area contributed by atoms with E-state index in [4.69, 9.17) is 5.11 Å². The number of rotatable bonds is 4. The van der Waals surface area contributed by atoms with E-state index < -0.39 is 11.9 Å². The smallest absolute Gasteiger partial charge is 0.340 e. The molecule has 1 rings (SSSR count). The molecule has 0 bridgehead atoms. The lowest BCUT2D eigenvalue weighted by Gasteiger charge is -2.12. The SMILES string of the molecule is CCc1ncc(C(=O)O)c(CC)c1C(=O)OC. The lowest BCUT2D eigenvalue weighted by Crippen LogP contribution is -2.15. The van der Waals surface area contributed by atoms with Crippen LogP contribution < -0.4 is 0 Å². The average Bonchev–Trinajstić information content (AvgIpc) is 2.35. The number of ether oxygens (including phenoxy) is 1. The summed E-state index contributed by atoms with van der Waals surface area (Å²) in [5.74, 6) is -1.61. The first kappa shape index (κ1) is 13.2. The number of methoxy groups -OCH3 is 1. The molecule has 0 atom stereocenters. The molecule has 5 heteroatoms. The van der Waals surface area contributed by atoms with Crippen LogP contribution in [0.1, 0.15) is 45.8 Å². The maximum atomic E-state index is 11.7. The van der Waals surface area contributed by atoms with Crippen LogP contribution in [0.3, 0.4) is 0 Å². The molecular formula is C12H15NO4. The summed E-state index contributed by atoms with van der Waals surface area (Å²) in [7, 11) is 1.27. The largest absolute Gasteiger partial charge is 0.478 e. The van der Waals surface area contributed by atoms with Gasteiger partial charge in [-0.1, -0.05) is 13.8 Å².